The van der Waals surface area contributed by atoms with Gasteiger partial charge in [-0.15, -0.1) is 22.7 Å². The van der Waals surface area contributed by atoms with Crippen molar-refractivity contribution in [3.8, 4) is 21.1 Å². The number of aryl methyl sites for hydroxylation is 1. The molecule has 0 spiro atoms. The maximum Gasteiger partial charge on any atom is 0.229 e. The Bertz CT molecular complexity index is 1500. The van der Waals surface area contributed by atoms with E-state index in [9.17, 15) is 8.42 Å². The molecule has 0 amide bonds. The molecule has 5 rings (SSSR count). The van der Waals surface area contributed by atoms with Crippen molar-refractivity contribution in [1.82, 2.24) is 9.97 Å². The van der Waals surface area contributed by atoms with Gasteiger partial charge in [0.15, 0.2) is 0 Å². The summed E-state index contributed by atoms with van der Waals surface area (Å²) in [5, 5.41) is 1.90. The smallest absolute Gasteiger partial charge is 0.229 e. The van der Waals surface area contributed by atoms with Gasteiger partial charge in [0.25, 0.3) is 0 Å². The van der Waals surface area contributed by atoms with E-state index in [2.05, 4.69) is 42.0 Å². The van der Waals surface area contributed by atoms with Crippen LogP contribution in [0, 0.1) is 6.92 Å². The molecule has 0 fully saturated rings. The minimum Gasteiger partial charge on any atom is -0.284 e. The number of hydrogen-bond acceptors (Lipinski definition) is 6. The summed E-state index contributed by atoms with van der Waals surface area (Å²) < 4.78 is 27.5. The molecule has 2 heterocycles. The molecule has 0 aliphatic carbocycles. The predicted octanol–water partition coefficient (Wildman–Crippen LogP) is 5.92. The highest BCUT2D eigenvalue weighted by Crippen LogP contribution is 2.36. The van der Waals surface area contributed by atoms with Crippen molar-refractivity contribution >= 4 is 58.8 Å². The van der Waals surface area contributed by atoms with Crippen LogP contribution in [0.2, 0.25) is 0 Å². The SMILES string of the molecule is Cc1ccc2nc(-c3ccc4nc(-c5ccc(NS(C)(=O)=O)cc5)sc4c3)sc2c1. The van der Waals surface area contributed by atoms with Gasteiger partial charge in [-0.2, -0.15) is 0 Å². The highest BCUT2D eigenvalue weighted by molar-refractivity contribution is 7.92. The Hall–Kier alpha value is -2.81. The molecule has 1 N–H and O–H groups in total. The van der Waals surface area contributed by atoms with Crippen molar-refractivity contribution in [2.75, 3.05) is 11.0 Å². The molecule has 0 aliphatic rings. The highest BCUT2D eigenvalue weighted by Gasteiger charge is 2.11. The molecule has 150 valence electrons. The summed E-state index contributed by atoms with van der Waals surface area (Å²) in [7, 11) is -3.29. The molecule has 0 saturated heterocycles. The van der Waals surface area contributed by atoms with Crippen LogP contribution in [0.4, 0.5) is 5.69 Å². The monoisotopic (exact) mass is 451 g/mol. The summed E-state index contributed by atoms with van der Waals surface area (Å²) in [6.45, 7) is 2.09. The molecule has 0 bridgehead atoms. The first kappa shape index (κ1) is 19.2. The zero-order chi connectivity index (χ0) is 20.9. The van der Waals surface area contributed by atoms with Crippen molar-refractivity contribution in [3.63, 3.8) is 0 Å². The fourth-order valence-electron chi connectivity index (χ4n) is 3.23. The van der Waals surface area contributed by atoms with Gasteiger partial charge in [0, 0.05) is 16.8 Å². The van der Waals surface area contributed by atoms with Gasteiger partial charge in [0.1, 0.15) is 10.0 Å². The summed E-state index contributed by atoms with van der Waals surface area (Å²) in [5.74, 6) is 0. The molecule has 0 unspecified atom stereocenters. The van der Waals surface area contributed by atoms with Crippen molar-refractivity contribution in [1.29, 1.82) is 0 Å². The van der Waals surface area contributed by atoms with Crippen LogP contribution in [-0.2, 0) is 10.0 Å². The molecule has 2 aromatic heterocycles. The van der Waals surface area contributed by atoms with Gasteiger partial charge in [0.05, 0.1) is 26.7 Å². The van der Waals surface area contributed by atoms with Gasteiger partial charge in [-0.1, -0.05) is 6.07 Å². The Morgan fingerprint density at radius 2 is 1.33 bits per heavy atom. The number of thiazole rings is 2. The Kier molecular flexibility index (Phi) is 4.57. The van der Waals surface area contributed by atoms with Crippen LogP contribution < -0.4 is 4.72 Å². The van der Waals surface area contributed by atoms with Crippen LogP contribution in [0.5, 0.6) is 0 Å². The zero-order valence-corrected chi connectivity index (χ0v) is 18.7. The lowest BCUT2D eigenvalue weighted by Crippen LogP contribution is -2.09. The van der Waals surface area contributed by atoms with E-state index in [0.29, 0.717) is 5.69 Å². The van der Waals surface area contributed by atoms with E-state index in [-0.39, 0.29) is 0 Å². The molecule has 0 aliphatic heterocycles. The summed E-state index contributed by atoms with van der Waals surface area (Å²) in [6.07, 6.45) is 1.14. The second-order valence-electron chi connectivity index (χ2n) is 7.14. The third kappa shape index (κ3) is 3.81. The molecule has 8 heteroatoms. The van der Waals surface area contributed by atoms with Crippen LogP contribution in [0.1, 0.15) is 5.56 Å². The molecule has 0 atom stereocenters. The fourth-order valence-corrected chi connectivity index (χ4v) is 5.87. The Balaban J connectivity index is 1.49. The maximum atomic E-state index is 11.4. The summed E-state index contributed by atoms with van der Waals surface area (Å²) in [6, 6.07) is 19.8. The molecule has 0 radical (unpaired) electrons. The topological polar surface area (TPSA) is 72.0 Å². The predicted molar refractivity (Wildman–Crippen MR) is 127 cm³/mol. The number of aromatic nitrogens is 2. The minimum atomic E-state index is -3.29. The lowest BCUT2D eigenvalue weighted by molar-refractivity contribution is 0.607. The first-order valence-electron chi connectivity index (χ1n) is 9.20. The van der Waals surface area contributed by atoms with E-state index >= 15 is 0 Å². The molecule has 30 heavy (non-hydrogen) atoms. The van der Waals surface area contributed by atoms with Gasteiger partial charge < -0.3 is 0 Å². The molecular weight excluding hydrogens is 434 g/mol. The van der Waals surface area contributed by atoms with Crippen molar-refractivity contribution < 1.29 is 8.42 Å². The number of nitrogens with one attached hydrogen (secondary N) is 1. The van der Waals surface area contributed by atoms with E-state index in [1.165, 1.54) is 10.3 Å². The first-order valence-corrected chi connectivity index (χ1v) is 12.7. The molecular formula is C22H17N3O2S3. The number of nitrogens with zero attached hydrogens (tertiary/aromatic N) is 2. The number of sulfonamides is 1. The molecule has 3 aromatic carbocycles. The third-order valence-electron chi connectivity index (χ3n) is 4.61. The number of fused-ring (bicyclic) bond motifs is 2. The molecule has 5 aromatic rings. The number of anilines is 1. The lowest BCUT2D eigenvalue weighted by atomic mass is 10.2. The van der Waals surface area contributed by atoms with E-state index in [1.54, 1.807) is 34.8 Å². The second-order valence-corrected chi connectivity index (χ2v) is 11.0. The van der Waals surface area contributed by atoms with E-state index in [0.717, 1.165) is 43.1 Å². The normalized spacial score (nSPS) is 11.9. The van der Waals surface area contributed by atoms with Crippen molar-refractivity contribution in [2.24, 2.45) is 0 Å². The van der Waals surface area contributed by atoms with Crippen LogP contribution in [0.3, 0.4) is 0 Å². The Labute approximate surface area is 182 Å². The third-order valence-corrected chi connectivity index (χ3v) is 7.36. The van der Waals surface area contributed by atoms with Gasteiger partial charge in [-0.25, -0.2) is 18.4 Å². The van der Waals surface area contributed by atoms with E-state index in [4.69, 9.17) is 9.97 Å². The van der Waals surface area contributed by atoms with Crippen molar-refractivity contribution in [3.05, 3.63) is 66.2 Å². The van der Waals surface area contributed by atoms with E-state index in [1.807, 2.05) is 18.2 Å². The standard InChI is InChI=1S/C22H17N3O2S3/c1-13-3-9-17-19(11-13)28-22(24-17)15-6-10-18-20(12-15)29-21(23-18)14-4-7-16(8-5-14)25-30(2,26)27/h3-12,25H,1-2H3. The second kappa shape index (κ2) is 7.16. The van der Waals surface area contributed by atoms with Crippen LogP contribution in [-0.4, -0.2) is 24.6 Å². The van der Waals surface area contributed by atoms with Gasteiger partial charge >= 0.3 is 0 Å². The average Bonchev–Trinajstić information content (AvgIpc) is 3.30. The number of hydrogen-bond donors (Lipinski definition) is 1. The number of rotatable bonds is 4. The summed E-state index contributed by atoms with van der Waals surface area (Å²) in [4.78, 5) is 9.52. The van der Waals surface area contributed by atoms with Gasteiger partial charge in [-0.3, -0.25) is 4.72 Å². The number of benzene rings is 3. The lowest BCUT2D eigenvalue weighted by Gasteiger charge is -2.03. The van der Waals surface area contributed by atoms with Crippen molar-refractivity contribution in [2.45, 2.75) is 6.92 Å². The molecule has 0 saturated carbocycles. The van der Waals surface area contributed by atoms with Crippen LogP contribution in [0.15, 0.2) is 60.7 Å². The minimum absolute atomic E-state index is 0.538. The van der Waals surface area contributed by atoms with E-state index < -0.39 is 10.0 Å². The average molecular weight is 452 g/mol. The summed E-state index contributed by atoms with van der Waals surface area (Å²) in [5.41, 5.74) is 5.77. The van der Waals surface area contributed by atoms with Crippen LogP contribution >= 0.6 is 22.7 Å². The Morgan fingerprint density at radius 3 is 2.00 bits per heavy atom. The Morgan fingerprint density at radius 1 is 0.767 bits per heavy atom. The first-order chi connectivity index (χ1) is 14.3. The summed E-state index contributed by atoms with van der Waals surface area (Å²) >= 11 is 3.31. The largest absolute Gasteiger partial charge is 0.284 e. The zero-order valence-electron chi connectivity index (χ0n) is 16.2. The van der Waals surface area contributed by atoms with Crippen LogP contribution in [0.25, 0.3) is 41.6 Å². The highest BCUT2D eigenvalue weighted by atomic mass is 32.2. The van der Waals surface area contributed by atoms with Gasteiger partial charge in [0.2, 0.25) is 10.0 Å². The quantitative estimate of drug-likeness (QED) is 0.368. The van der Waals surface area contributed by atoms with Gasteiger partial charge in [-0.05, 0) is 67.1 Å². The maximum absolute atomic E-state index is 11.4. The fraction of sp³-hybridized carbons (Fsp3) is 0.0909. The molecule has 5 nitrogen and oxygen atoms in total.